The minimum atomic E-state index is -4.88. The highest BCUT2D eigenvalue weighted by Crippen LogP contribution is 2.38. The van der Waals surface area contributed by atoms with Gasteiger partial charge in [-0.05, 0) is 12.1 Å². The lowest BCUT2D eigenvalue weighted by Crippen LogP contribution is -2.08. The lowest BCUT2D eigenvalue weighted by Gasteiger charge is -2.10. The van der Waals surface area contributed by atoms with Gasteiger partial charge in [-0.25, -0.2) is 4.98 Å². The molecule has 29 heavy (non-hydrogen) atoms. The van der Waals surface area contributed by atoms with Crippen molar-refractivity contribution in [3.63, 3.8) is 0 Å². The molecule has 1 heterocycles. The van der Waals surface area contributed by atoms with Gasteiger partial charge < -0.3 is 5.11 Å². The van der Waals surface area contributed by atoms with E-state index in [9.17, 15) is 35.8 Å². The van der Waals surface area contributed by atoms with E-state index in [2.05, 4.69) is 4.98 Å². The van der Waals surface area contributed by atoms with Crippen LogP contribution in [0.3, 0.4) is 0 Å². The molecule has 0 spiro atoms. The first-order valence-electron chi connectivity index (χ1n) is 7.96. The summed E-state index contributed by atoms with van der Waals surface area (Å²) in [5.74, 6) is -1.13. The van der Waals surface area contributed by atoms with Crippen molar-refractivity contribution in [2.75, 3.05) is 0 Å². The van der Waals surface area contributed by atoms with Gasteiger partial charge in [0.2, 0.25) is 0 Å². The van der Waals surface area contributed by atoms with E-state index in [1.165, 1.54) is 18.2 Å². The van der Waals surface area contributed by atoms with Crippen LogP contribution < -0.4 is 0 Å². The number of fused-ring (bicyclic) bond motifs is 2. The van der Waals surface area contributed by atoms with Crippen molar-refractivity contribution in [2.24, 2.45) is 0 Å². The van der Waals surface area contributed by atoms with Crippen LogP contribution in [0.15, 0.2) is 58.3 Å². The largest absolute Gasteiger partial charge is 0.506 e. The van der Waals surface area contributed by atoms with Gasteiger partial charge in [0.05, 0.1) is 16.8 Å². The summed E-state index contributed by atoms with van der Waals surface area (Å²) >= 11 is 0. The summed E-state index contributed by atoms with van der Waals surface area (Å²) in [4.78, 5) is 15.3. The molecule has 148 valence electrons. The number of para-hydroxylation sites is 1. The van der Waals surface area contributed by atoms with Crippen LogP contribution in [-0.2, 0) is 20.2 Å². The number of aliphatic hydroxyl groups excluding tert-OH is 1. The van der Waals surface area contributed by atoms with Crippen molar-refractivity contribution in [2.45, 2.75) is 9.79 Å². The number of nitrogens with zero attached hydrogens (tertiary/aromatic N) is 1. The highest BCUT2D eigenvalue weighted by Gasteiger charge is 2.33. The van der Waals surface area contributed by atoms with Gasteiger partial charge in [-0.1, -0.05) is 36.4 Å². The molecule has 0 bridgehead atoms. The summed E-state index contributed by atoms with van der Waals surface area (Å²) in [6.07, 6.45) is 0. The van der Waals surface area contributed by atoms with E-state index in [1.54, 1.807) is 12.1 Å². The molecule has 3 N–H and O–H groups in total. The molecule has 0 saturated carbocycles. The number of benzene rings is 2. The Kier molecular flexibility index (Phi) is 4.10. The van der Waals surface area contributed by atoms with Crippen LogP contribution in [0.25, 0.3) is 22.2 Å². The normalized spacial score (nSPS) is 14.5. The molecule has 0 radical (unpaired) electrons. The molecule has 0 amide bonds. The van der Waals surface area contributed by atoms with Crippen molar-refractivity contribution in [1.29, 1.82) is 0 Å². The summed E-state index contributed by atoms with van der Waals surface area (Å²) in [7, 11) is -9.69. The Bertz CT molecular complexity index is 1470. The van der Waals surface area contributed by atoms with Gasteiger partial charge in [0.15, 0.2) is 5.78 Å². The van der Waals surface area contributed by atoms with Gasteiger partial charge in [0.1, 0.15) is 15.6 Å². The number of pyridine rings is 1. The zero-order chi connectivity index (χ0) is 21.1. The summed E-state index contributed by atoms with van der Waals surface area (Å²) in [5, 5.41) is 10.2. The average Bonchev–Trinajstić information content (AvgIpc) is 2.90. The van der Waals surface area contributed by atoms with Crippen LogP contribution in [-0.4, -0.2) is 41.8 Å². The fourth-order valence-corrected chi connectivity index (χ4v) is 4.60. The second kappa shape index (κ2) is 6.19. The smallest absolute Gasteiger partial charge is 0.296 e. The van der Waals surface area contributed by atoms with E-state index >= 15 is 0 Å². The maximum atomic E-state index is 12.7. The first kappa shape index (κ1) is 19.2. The first-order valence-corrected chi connectivity index (χ1v) is 10.8. The van der Waals surface area contributed by atoms with E-state index in [-0.39, 0.29) is 27.8 Å². The second-order valence-corrected chi connectivity index (χ2v) is 8.99. The summed E-state index contributed by atoms with van der Waals surface area (Å²) in [5.41, 5.74) is -0.864. The monoisotopic (exact) mass is 433 g/mol. The van der Waals surface area contributed by atoms with Crippen LogP contribution in [0.1, 0.15) is 21.6 Å². The number of carbonyl (C=O) groups is 1. The van der Waals surface area contributed by atoms with Crippen LogP contribution in [0.5, 0.6) is 0 Å². The maximum Gasteiger partial charge on any atom is 0.296 e. The molecule has 1 aliphatic carbocycles. The average molecular weight is 433 g/mol. The van der Waals surface area contributed by atoms with E-state index in [4.69, 9.17) is 0 Å². The van der Waals surface area contributed by atoms with Gasteiger partial charge in [0, 0.05) is 16.5 Å². The predicted molar refractivity (Wildman–Crippen MR) is 102 cm³/mol. The van der Waals surface area contributed by atoms with Crippen molar-refractivity contribution < 1.29 is 35.8 Å². The number of hydrogen-bond donors (Lipinski definition) is 3. The minimum Gasteiger partial charge on any atom is -0.506 e. The number of carbonyl (C=O) groups excluding carboxylic acids is 1. The number of aromatic nitrogens is 1. The second-order valence-electron chi connectivity index (χ2n) is 6.21. The van der Waals surface area contributed by atoms with E-state index in [0.717, 1.165) is 18.2 Å². The Balaban J connectivity index is 2.13. The van der Waals surface area contributed by atoms with E-state index in [0.29, 0.717) is 0 Å². The molecular weight excluding hydrogens is 422 g/mol. The fraction of sp³-hybridized carbons (Fsp3) is 0. The van der Waals surface area contributed by atoms with E-state index < -0.39 is 47.1 Å². The summed E-state index contributed by atoms with van der Waals surface area (Å²) < 4.78 is 66.4. The topological polar surface area (TPSA) is 159 Å². The van der Waals surface area contributed by atoms with Crippen molar-refractivity contribution in [1.82, 2.24) is 4.98 Å². The first-order chi connectivity index (χ1) is 13.5. The quantitative estimate of drug-likeness (QED) is 0.527. The van der Waals surface area contributed by atoms with Crippen LogP contribution in [0, 0.1) is 0 Å². The minimum absolute atomic E-state index is 0.151. The molecule has 0 unspecified atom stereocenters. The molecule has 3 aromatic rings. The fourth-order valence-electron chi connectivity index (χ4n) is 3.24. The third-order valence-electron chi connectivity index (χ3n) is 4.47. The molecule has 0 saturated heterocycles. The van der Waals surface area contributed by atoms with Crippen molar-refractivity contribution in [3.05, 3.63) is 65.4 Å². The lowest BCUT2D eigenvalue weighted by atomic mass is 10.1. The molecule has 0 aliphatic heterocycles. The molecule has 0 fully saturated rings. The molecule has 4 rings (SSSR count). The Morgan fingerprint density at radius 3 is 2.00 bits per heavy atom. The summed E-state index contributed by atoms with van der Waals surface area (Å²) in [6.45, 7) is 0. The standard InChI is InChI=1S/C18H11NO8S2/c20-17-9-4-1-2-5-10(9)18(21)15(17)12-8-14(29(25,26)27)11-6-3-7-13(16(11)19-12)28(22,23)24/h1-8,20H,(H,22,23,24)(H,25,26,27). The van der Waals surface area contributed by atoms with Crippen LogP contribution in [0.4, 0.5) is 0 Å². The SMILES string of the molecule is O=C1C(c2cc(S(=O)(=O)O)c3cccc(S(=O)(=O)O)c3n2)=C(O)c2ccccc21. The molecule has 2 aromatic carbocycles. The summed E-state index contributed by atoms with van der Waals surface area (Å²) in [6, 6.07) is 10.3. The number of ketones is 1. The Hall–Kier alpha value is -3.12. The van der Waals surface area contributed by atoms with Gasteiger partial charge in [-0.3, -0.25) is 13.9 Å². The lowest BCUT2D eigenvalue weighted by molar-refractivity contribution is 0.105. The zero-order valence-electron chi connectivity index (χ0n) is 14.3. The predicted octanol–water partition coefficient (Wildman–Crippen LogP) is 2.35. The Morgan fingerprint density at radius 1 is 0.793 bits per heavy atom. The number of rotatable bonds is 3. The number of allylic oxidation sites excluding steroid dienone is 1. The molecule has 0 atom stereocenters. The van der Waals surface area contributed by atoms with Crippen molar-refractivity contribution in [3.8, 4) is 0 Å². The molecule has 1 aromatic heterocycles. The highest BCUT2D eigenvalue weighted by molar-refractivity contribution is 7.86. The Morgan fingerprint density at radius 2 is 1.41 bits per heavy atom. The van der Waals surface area contributed by atoms with E-state index in [1.807, 2.05) is 0 Å². The number of hydrogen-bond acceptors (Lipinski definition) is 7. The highest BCUT2D eigenvalue weighted by atomic mass is 32.2. The van der Waals surface area contributed by atoms with Gasteiger partial charge in [-0.2, -0.15) is 16.8 Å². The van der Waals surface area contributed by atoms with Gasteiger partial charge >= 0.3 is 0 Å². The zero-order valence-corrected chi connectivity index (χ0v) is 15.9. The molecular formula is C18H11NO8S2. The van der Waals surface area contributed by atoms with Gasteiger partial charge in [0.25, 0.3) is 20.2 Å². The molecule has 1 aliphatic rings. The van der Waals surface area contributed by atoms with Crippen LogP contribution >= 0.6 is 0 Å². The Labute approximate surface area is 164 Å². The maximum absolute atomic E-state index is 12.7. The van der Waals surface area contributed by atoms with Gasteiger partial charge in [-0.15, -0.1) is 0 Å². The number of aliphatic hydroxyl groups is 1. The third kappa shape index (κ3) is 3.00. The number of Topliss-reactive ketones (excluding diaryl/α,β-unsaturated/α-hetero) is 1. The third-order valence-corrected chi connectivity index (χ3v) is 6.25. The van der Waals surface area contributed by atoms with Crippen molar-refractivity contribution >= 4 is 48.3 Å². The molecule has 11 heteroatoms. The van der Waals surface area contributed by atoms with Crippen LogP contribution in [0.2, 0.25) is 0 Å². The molecule has 9 nitrogen and oxygen atoms in total.